The number of fused-ring (bicyclic) bond motifs is 1. The van der Waals surface area contributed by atoms with E-state index in [1.54, 1.807) is 23.1 Å². The maximum atomic E-state index is 14.0. The highest BCUT2D eigenvalue weighted by Gasteiger charge is 2.27. The number of hydrogen-bond donors (Lipinski definition) is 2. The molecule has 0 bridgehead atoms. The SMILES string of the molecule is Cc1cc(Nc2nc(C3CCN(C(=O)c4ccccc4F)CC3)cn3cccc23)n[nH]1. The van der Waals surface area contributed by atoms with Crippen molar-refractivity contribution in [2.75, 3.05) is 18.4 Å². The van der Waals surface area contributed by atoms with Crippen molar-refractivity contribution in [3.8, 4) is 0 Å². The number of halogens is 1. The third kappa shape index (κ3) is 3.76. The van der Waals surface area contributed by atoms with Crippen molar-refractivity contribution in [3.63, 3.8) is 0 Å². The highest BCUT2D eigenvalue weighted by molar-refractivity contribution is 5.94. The maximum Gasteiger partial charge on any atom is 0.256 e. The number of rotatable bonds is 4. The van der Waals surface area contributed by atoms with E-state index in [0.29, 0.717) is 13.1 Å². The lowest BCUT2D eigenvalue weighted by atomic mass is 9.93. The molecular formula is C23H23FN6O. The molecule has 4 aromatic rings. The molecule has 1 saturated heterocycles. The average molecular weight is 418 g/mol. The van der Waals surface area contributed by atoms with E-state index < -0.39 is 5.82 Å². The van der Waals surface area contributed by atoms with Crippen LogP contribution in [0.3, 0.4) is 0 Å². The fourth-order valence-electron chi connectivity index (χ4n) is 4.14. The van der Waals surface area contributed by atoms with Crippen LogP contribution in [0.4, 0.5) is 16.0 Å². The summed E-state index contributed by atoms with van der Waals surface area (Å²) in [7, 11) is 0. The Bertz CT molecular complexity index is 1240. The molecule has 4 heterocycles. The first-order chi connectivity index (χ1) is 15.1. The molecule has 1 aliphatic heterocycles. The van der Waals surface area contributed by atoms with Gasteiger partial charge in [-0.25, -0.2) is 9.37 Å². The number of anilines is 2. The number of amides is 1. The van der Waals surface area contributed by atoms with Crippen LogP contribution in [-0.4, -0.2) is 43.5 Å². The van der Waals surface area contributed by atoms with Crippen LogP contribution in [0.15, 0.2) is 54.9 Å². The van der Waals surface area contributed by atoms with E-state index in [9.17, 15) is 9.18 Å². The standard InChI is InChI=1S/C23H23FN6O/c1-15-13-21(28-27-15)26-22-20-7-4-10-30(20)14-19(25-22)16-8-11-29(12-9-16)23(31)17-5-2-3-6-18(17)24/h2-7,10,13-14,16H,8-9,11-12H2,1H3,(H2,25,26,27,28). The van der Waals surface area contributed by atoms with Gasteiger partial charge in [-0.1, -0.05) is 12.1 Å². The number of nitrogens with one attached hydrogen (secondary N) is 2. The molecule has 1 fully saturated rings. The highest BCUT2D eigenvalue weighted by atomic mass is 19.1. The van der Waals surface area contributed by atoms with Crippen LogP contribution in [0.1, 0.15) is 40.5 Å². The second-order valence-corrected chi connectivity index (χ2v) is 7.92. The summed E-state index contributed by atoms with van der Waals surface area (Å²) in [6.45, 7) is 3.10. The minimum absolute atomic E-state index is 0.133. The zero-order valence-corrected chi connectivity index (χ0v) is 17.2. The van der Waals surface area contributed by atoms with E-state index in [0.717, 1.165) is 41.4 Å². The number of piperidine rings is 1. The lowest BCUT2D eigenvalue weighted by Crippen LogP contribution is -2.38. The third-order valence-corrected chi connectivity index (χ3v) is 5.79. The Kier molecular flexibility index (Phi) is 4.89. The fraction of sp³-hybridized carbons (Fsp3) is 0.261. The van der Waals surface area contributed by atoms with Crippen molar-refractivity contribution in [3.05, 3.63) is 77.6 Å². The number of aromatic nitrogens is 4. The smallest absolute Gasteiger partial charge is 0.256 e. The molecule has 7 nitrogen and oxygen atoms in total. The number of carbonyl (C=O) groups excluding carboxylic acids is 1. The Morgan fingerprint density at radius 3 is 2.74 bits per heavy atom. The van der Waals surface area contributed by atoms with Crippen LogP contribution >= 0.6 is 0 Å². The van der Waals surface area contributed by atoms with E-state index in [4.69, 9.17) is 4.98 Å². The zero-order valence-electron chi connectivity index (χ0n) is 17.2. The Hall–Kier alpha value is -3.68. The van der Waals surface area contributed by atoms with Crippen LogP contribution in [0.5, 0.6) is 0 Å². The van der Waals surface area contributed by atoms with Crippen LogP contribution in [0.25, 0.3) is 5.52 Å². The molecule has 158 valence electrons. The second kappa shape index (κ2) is 7.86. The summed E-state index contributed by atoms with van der Waals surface area (Å²) < 4.78 is 16.1. The summed E-state index contributed by atoms with van der Waals surface area (Å²) in [5.41, 5.74) is 3.04. The Morgan fingerprint density at radius 1 is 1.19 bits per heavy atom. The lowest BCUT2D eigenvalue weighted by Gasteiger charge is -2.32. The summed E-state index contributed by atoms with van der Waals surface area (Å²) in [5.74, 6) is 0.965. The van der Waals surface area contributed by atoms with Gasteiger partial charge in [-0.2, -0.15) is 5.10 Å². The second-order valence-electron chi connectivity index (χ2n) is 7.92. The van der Waals surface area contributed by atoms with E-state index in [1.165, 1.54) is 6.07 Å². The van der Waals surface area contributed by atoms with Gasteiger partial charge in [0.2, 0.25) is 0 Å². The van der Waals surface area contributed by atoms with Crippen LogP contribution in [0.2, 0.25) is 0 Å². The van der Waals surface area contributed by atoms with Gasteiger partial charge in [-0.05, 0) is 44.0 Å². The van der Waals surface area contributed by atoms with Gasteiger partial charge in [0, 0.05) is 43.2 Å². The predicted molar refractivity (Wildman–Crippen MR) is 116 cm³/mol. The van der Waals surface area contributed by atoms with E-state index >= 15 is 0 Å². The number of likely N-dealkylation sites (tertiary alicyclic amines) is 1. The number of hydrogen-bond acceptors (Lipinski definition) is 4. The Balaban J connectivity index is 1.35. The number of nitrogens with zero attached hydrogens (tertiary/aromatic N) is 4. The predicted octanol–water partition coefficient (Wildman–Crippen LogP) is 4.27. The quantitative estimate of drug-likeness (QED) is 0.519. The third-order valence-electron chi connectivity index (χ3n) is 5.79. The first-order valence-corrected chi connectivity index (χ1v) is 10.4. The summed E-state index contributed by atoms with van der Waals surface area (Å²) in [4.78, 5) is 19.3. The van der Waals surface area contributed by atoms with Crippen LogP contribution in [0, 0.1) is 12.7 Å². The van der Waals surface area contributed by atoms with Gasteiger partial charge in [0.1, 0.15) is 5.82 Å². The van der Waals surface area contributed by atoms with Gasteiger partial charge in [0.15, 0.2) is 11.6 Å². The topological polar surface area (TPSA) is 78.3 Å². The monoisotopic (exact) mass is 418 g/mol. The molecule has 0 unspecified atom stereocenters. The van der Waals surface area contributed by atoms with Gasteiger partial charge in [-0.15, -0.1) is 0 Å². The molecule has 2 N–H and O–H groups in total. The minimum Gasteiger partial charge on any atom is -0.339 e. The number of carbonyl (C=O) groups is 1. The van der Waals surface area contributed by atoms with Gasteiger partial charge >= 0.3 is 0 Å². The summed E-state index contributed by atoms with van der Waals surface area (Å²) in [6, 6.07) is 12.1. The van der Waals surface area contributed by atoms with Crippen molar-refractivity contribution < 1.29 is 9.18 Å². The summed E-state index contributed by atoms with van der Waals surface area (Å²) in [5, 5.41) is 10.5. The molecule has 1 aromatic carbocycles. The van der Waals surface area contributed by atoms with Crippen molar-refractivity contribution in [2.45, 2.75) is 25.7 Å². The van der Waals surface area contributed by atoms with Crippen LogP contribution < -0.4 is 5.32 Å². The normalized spacial score (nSPS) is 14.8. The first kappa shape index (κ1) is 19.3. The molecule has 1 aliphatic rings. The summed E-state index contributed by atoms with van der Waals surface area (Å²) >= 11 is 0. The molecule has 0 radical (unpaired) electrons. The van der Waals surface area contributed by atoms with E-state index in [1.807, 2.05) is 31.3 Å². The van der Waals surface area contributed by atoms with Gasteiger partial charge < -0.3 is 14.6 Å². The lowest BCUT2D eigenvalue weighted by molar-refractivity contribution is 0.0707. The van der Waals surface area contributed by atoms with E-state index in [2.05, 4.69) is 26.1 Å². The molecule has 3 aromatic heterocycles. The van der Waals surface area contributed by atoms with Crippen molar-refractivity contribution in [2.24, 2.45) is 0 Å². The molecule has 31 heavy (non-hydrogen) atoms. The molecule has 0 aliphatic carbocycles. The summed E-state index contributed by atoms with van der Waals surface area (Å²) in [6.07, 6.45) is 5.61. The molecule has 1 amide bonds. The molecule has 5 rings (SSSR count). The van der Waals surface area contributed by atoms with Crippen molar-refractivity contribution in [1.82, 2.24) is 24.5 Å². The molecular weight excluding hydrogens is 395 g/mol. The number of aryl methyl sites for hydroxylation is 1. The molecule has 0 saturated carbocycles. The van der Waals surface area contributed by atoms with Gasteiger partial charge in [-0.3, -0.25) is 9.89 Å². The Labute approximate surface area is 178 Å². The first-order valence-electron chi connectivity index (χ1n) is 10.4. The number of aromatic amines is 1. The van der Waals surface area contributed by atoms with Crippen molar-refractivity contribution >= 4 is 23.1 Å². The maximum absolute atomic E-state index is 14.0. The molecule has 0 spiro atoms. The molecule has 8 heteroatoms. The van der Waals surface area contributed by atoms with Crippen molar-refractivity contribution in [1.29, 1.82) is 0 Å². The fourth-order valence-corrected chi connectivity index (χ4v) is 4.14. The largest absolute Gasteiger partial charge is 0.339 e. The minimum atomic E-state index is -0.473. The average Bonchev–Trinajstić information content (AvgIpc) is 3.42. The van der Waals surface area contributed by atoms with Gasteiger partial charge in [0.05, 0.1) is 16.8 Å². The number of H-pyrrole nitrogens is 1. The van der Waals surface area contributed by atoms with E-state index in [-0.39, 0.29) is 17.4 Å². The molecule has 0 atom stereocenters. The zero-order chi connectivity index (χ0) is 21.4. The van der Waals surface area contributed by atoms with Crippen LogP contribution in [-0.2, 0) is 0 Å². The number of benzene rings is 1. The highest BCUT2D eigenvalue weighted by Crippen LogP contribution is 2.30. The van der Waals surface area contributed by atoms with Gasteiger partial charge in [0.25, 0.3) is 5.91 Å². The Morgan fingerprint density at radius 2 is 2.00 bits per heavy atom.